The van der Waals surface area contributed by atoms with Gasteiger partial charge in [-0.05, 0) is 48.5 Å². The van der Waals surface area contributed by atoms with Gasteiger partial charge in [-0.15, -0.1) is 0 Å². The number of ether oxygens (including phenoxy) is 1. The Bertz CT molecular complexity index is 1010. The average molecular weight is 411 g/mol. The summed E-state index contributed by atoms with van der Waals surface area (Å²) >= 11 is 5.82. The van der Waals surface area contributed by atoms with E-state index in [4.69, 9.17) is 16.3 Å². The molecule has 0 atom stereocenters. The van der Waals surface area contributed by atoms with Crippen molar-refractivity contribution in [3.63, 3.8) is 0 Å². The predicted octanol–water partition coefficient (Wildman–Crippen LogP) is 3.86. The molecule has 2 amide bonds. The van der Waals surface area contributed by atoms with Crippen LogP contribution in [0.4, 0.5) is 17.2 Å². The highest BCUT2D eigenvalue weighted by atomic mass is 35.5. The molecule has 0 spiro atoms. The van der Waals surface area contributed by atoms with Crippen LogP contribution in [0, 0.1) is 0 Å². The summed E-state index contributed by atoms with van der Waals surface area (Å²) in [4.78, 5) is 28.9. The van der Waals surface area contributed by atoms with Crippen molar-refractivity contribution in [3.05, 3.63) is 77.4 Å². The summed E-state index contributed by atoms with van der Waals surface area (Å²) in [5, 5.41) is 8.95. The number of pyridine rings is 1. The van der Waals surface area contributed by atoms with Gasteiger partial charge in [0.2, 0.25) is 5.91 Å². The van der Waals surface area contributed by atoms with Crippen LogP contribution in [0.1, 0.15) is 10.4 Å². The molecule has 0 bridgehead atoms. The maximum absolute atomic E-state index is 12.6. The fourth-order valence-electron chi connectivity index (χ4n) is 2.56. The molecule has 2 aromatic carbocycles. The molecule has 148 valence electrons. The third kappa shape index (κ3) is 5.46. The lowest BCUT2D eigenvalue weighted by Gasteiger charge is -2.13. The van der Waals surface area contributed by atoms with Gasteiger partial charge in [-0.25, -0.2) is 4.98 Å². The fraction of sp³-hybridized carbons (Fsp3) is 0.0952. The van der Waals surface area contributed by atoms with E-state index in [2.05, 4.69) is 20.9 Å². The molecule has 0 radical (unpaired) electrons. The van der Waals surface area contributed by atoms with Crippen LogP contribution in [-0.2, 0) is 4.79 Å². The number of amides is 2. The number of methoxy groups -OCH3 is 1. The van der Waals surface area contributed by atoms with Crippen LogP contribution in [0.5, 0.6) is 5.75 Å². The van der Waals surface area contributed by atoms with Crippen molar-refractivity contribution in [3.8, 4) is 5.75 Å². The Morgan fingerprint density at radius 2 is 1.79 bits per heavy atom. The van der Waals surface area contributed by atoms with E-state index in [1.807, 2.05) is 18.2 Å². The third-order valence-corrected chi connectivity index (χ3v) is 4.20. The normalized spacial score (nSPS) is 10.1. The lowest BCUT2D eigenvalue weighted by molar-refractivity contribution is -0.115. The van der Waals surface area contributed by atoms with Gasteiger partial charge in [0.05, 0.1) is 24.9 Å². The molecule has 1 aromatic heterocycles. The number of nitrogens with zero attached hydrogens (tertiary/aromatic N) is 1. The van der Waals surface area contributed by atoms with E-state index < -0.39 is 5.91 Å². The first-order valence-electron chi connectivity index (χ1n) is 8.75. The van der Waals surface area contributed by atoms with E-state index in [0.717, 1.165) is 0 Å². The summed E-state index contributed by atoms with van der Waals surface area (Å²) in [5.41, 5.74) is 1.56. The van der Waals surface area contributed by atoms with Crippen molar-refractivity contribution in [2.75, 3.05) is 24.3 Å². The summed E-state index contributed by atoms with van der Waals surface area (Å²) in [6.45, 7) is -0.190. The van der Waals surface area contributed by atoms with E-state index in [-0.39, 0.29) is 12.5 Å². The molecule has 3 rings (SSSR count). The molecule has 0 saturated heterocycles. The van der Waals surface area contributed by atoms with Crippen LogP contribution in [0.25, 0.3) is 0 Å². The van der Waals surface area contributed by atoms with Crippen LogP contribution in [-0.4, -0.2) is 30.5 Å². The molecule has 0 unspecified atom stereocenters. The minimum atomic E-state index is -0.429. The number of anilines is 3. The zero-order chi connectivity index (χ0) is 20.6. The summed E-state index contributed by atoms with van der Waals surface area (Å²) in [6, 6.07) is 17.3. The number of halogens is 1. The van der Waals surface area contributed by atoms with Gasteiger partial charge in [-0.3, -0.25) is 9.59 Å². The second-order valence-corrected chi connectivity index (χ2v) is 6.40. The van der Waals surface area contributed by atoms with Gasteiger partial charge in [0.1, 0.15) is 11.6 Å². The Morgan fingerprint density at radius 1 is 1.03 bits per heavy atom. The first-order valence-corrected chi connectivity index (χ1v) is 9.13. The molecule has 3 N–H and O–H groups in total. The Morgan fingerprint density at radius 3 is 2.55 bits per heavy atom. The summed E-state index contributed by atoms with van der Waals surface area (Å²) in [6.07, 6.45) is 1.57. The van der Waals surface area contributed by atoms with E-state index in [9.17, 15) is 9.59 Å². The monoisotopic (exact) mass is 410 g/mol. The average Bonchev–Trinajstić information content (AvgIpc) is 2.74. The SMILES string of the molecule is COc1ccccc1Nc1ncccc1C(=O)NCC(=O)Nc1ccc(Cl)cc1. The number of hydrogen-bond donors (Lipinski definition) is 3. The second-order valence-electron chi connectivity index (χ2n) is 5.96. The smallest absolute Gasteiger partial charge is 0.255 e. The molecule has 0 aliphatic heterocycles. The van der Waals surface area contributed by atoms with Crippen LogP contribution in [0.3, 0.4) is 0 Å². The van der Waals surface area contributed by atoms with Gasteiger partial charge in [-0.1, -0.05) is 23.7 Å². The van der Waals surface area contributed by atoms with Gasteiger partial charge in [0, 0.05) is 16.9 Å². The minimum absolute atomic E-state index is 0.190. The molecule has 29 heavy (non-hydrogen) atoms. The van der Waals surface area contributed by atoms with Crippen molar-refractivity contribution >= 4 is 40.6 Å². The van der Waals surface area contributed by atoms with Crippen LogP contribution in [0.2, 0.25) is 5.02 Å². The van der Waals surface area contributed by atoms with Crippen molar-refractivity contribution in [1.82, 2.24) is 10.3 Å². The van der Waals surface area contributed by atoms with E-state index in [0.29, 0.717) is 33.5 Å². The van der Waals surface area contributed by atoms with Crippen LogP contribution < -0.4 is 20.7 Å². The summed E-state index contributed by atoms with van der Waals surface area (Å²) < 4.78 is 5.31. The van der Waals surface area contributed by atoms with Gasteiger partial charge in [0.15, 0.2) is 0 Å². The summed E-state index contributed by atoms with van der Waals surface area (Å²) in [7, 11) is 1.56. The van der Waals surface area contributed by atoms with Crippen molar-refractivity contribution in [1.29, 1.82) is 0 Å². The van der Waals surface area contributed by atoms with Crippen molar-refractivity contribution in [2.24, 2.45) is 0 Å². The standard InChI is InChI=1S/C21H19ClN4O3/c1-29-18-7-3-2-6-17(18)26-20-16(5-4-12-23-20)21(28)24-13-19(27)25-15-10-8-14(22)9-11-15/h2-12H,13H2,1H3,(H,23,26)(H,24,28)(H,25,27). The van der Waals surface area contributed by atoms with E-state index in [1.165, 1.54) is 0 Å². The van der Waals surface area contributed by atoms with Gasteiger partial charge >= 0.3 is 0 Å². The van der Waals surface area contributed by atoms with Crippen molar-refractivity contribution < 1.29 is 14.3 Å². The number of hydrogen-bond acceptors (Lipinski definition) is 5. The highest BCUT2D eigenvalue weighted by molar-refractivity contribution is 6.30. The van der Waals surface area contributed by atoms with Crippen molar-refractivity contribution in [2.45, 2.75) is 0 Å². The highest BCUT2D eigenvalue weighted by Gasteiger charge is 2.15. The quantitative estimate of drug-likeness (QED) is 0.550. The van der Waals surface area contributed by atoms with Gasteiger partial charge in [0.25, 0.3) is 5.91 Å². The third-order valence-electron chi connectivity index (χ3n) is 3.95. The Balaban J connectivity index is 1.65. The molecule has 0 aliphatic carbocycles. The minimum Gasteiger partial charge on any atom is -0.495 e. The number of para-hydroxylation sites is 2. The topological polar surface area (TPSA) is 92.3 Å². The number of rotatable bonds is 7. The predicted molar refractivity (Wildman–Crippen MR) is 113 cm³/mol. The first kappa shape index (κ1) is 20.2. The number of carbonyl (C=O) groups is 2. The van der Waals surface area contributed by atoms with Gasteiger partial charge < -0.3 is 20.7 Å². The molecule has 7 nitrogen and oxygen atoms in total. The Labute approximate surface area is 173 Å². The van der Waals surface area contributed by atoms with Crippen LogP contribution in [0.15, 0.2) is 66.9 Å². The fourth-order valence-corrected chi connectivity index (χ4v) is 2.68. The Kier molecular flexibility index (Phi) is 6.65. The van der Waals surface area contributed by atoms with E-state index in [1.54, 1.807) is 55.8 Å². The lowest BCUT2D eigenvalue weighted by Crippen LogP contribution is -2.33. The Hall–Kier alpha value is -3.58. The molecule has 0 fully saturated rings. The molecule has 0 aliphatic rings. The maximum atomic E-state index is 12.6. The highest BCUT2D eigenvalue weighted by Crippen LogP contribution is 2.27. The van der Waals surface area contributed by atoms with E-state index >= 15 is 0 Å². The molecule has 8 heteroatoms. The zero-order valence-corrected chi connectivity index (χ0v) is 16.4. The molecular formula is C21H19ClN4O3. The maximum Gasteiger partial charge on any atom is 0.255 e. The first-order chi connectivity index (χ1) is 14.1. The molecule has 0 saturated carbocycles. The lowest BCUT2D eigenvalue weighted by atomic mass is 10.2. The largest absolute Gasteiger partial charge is 0.495 e. The number of nitrogens with one attached hydrogen (secondary N) is 3. The molecule has 1 heterocycles. The van der Waals surface area contributed by atoms with Crippen LogP contribution >= 0.6 is 11.6 Å². The number of benzene rings is 2. The molecule has 3 aromatic rings. The second kappa shape index (κ2) is 9.57. The zero-order valence-electron chi connectivity index (χ0n) is 15.6. The van der Waals surface area contributed by atoms with Gasteiger partial charge in [-0.2, -0.15) is 0 Å². The number of aromatic nitrogens is 1. The number of carbonyl (C=O) groups excluding carboxylic acids is 2. The summed E-state index contributed by atoms with van der Waals surface area (Å²) in [5.74, 6) is 0.185. The molecular weight excluding hydrogens is 392 g/mol.